The highest BCUT2D eigenvalue weighted by Crippen LogP contribution is 2.32. The van der Waals surface area contributed by atoms with Crippen molar-refractivity contribution in [3.05, 3.63) is 35.5 Å². The molecule has 1 unspecified atom stereocenters. The van der Waals surface area contributed by atoms with Crippen molar-refractivity contribution < 1.29 is 0 Å². The summed E-state index contributed by atoms with van der Waals surface area (Å²) in [5.41, 5.74) is 9.96. The molecule has 2 aromatic rings. The van der Waals surface area contributed by atoms with Crippen LogP contribution in [0.4, 0.5) is 0 Å². The number of fused-ring (bicyclic) bond motifs is 2. The number of nitrogens with one attached hydrogen (secondary N) is 1. The highest BCUT2D eigenvalue weighted by molar-refractivity contribution is 5.81. The summed E-state index contributed by atoms with van der Waals surface area (Å²) in [4.78, 5) is 3.21. The van der Waals surface area contributed by atoms with Gasteiger partial charge in [0.15, 0.2) is 0 Å². The molecule has 0 fully saturated rings. The van der Waals surface area contributed by atoms with E-state index in [0.29, 0.717) is 0 Å². The summed E-state index contributed by atoms with van der Waals surface area (Å²) in [6.45, 7) is 0. The van der Waals surface area contributed by atoms with E-state index in [4.69, 9.17) is 5.73 Å². The van der Waals surface area contributed by atoms with Crippen LogP contribution in [-0.2, 0) is 6.42 Å². The molecule has 1 aromatic heterocycles. The molecule has 0 spiro atoms. The van der Waals surface area contributed by atoms with Crippen LogP contribution in [0.3, 0.4) is 0 Å². The topological polar surface area (TPSA) is 41.8 Å². The first-order chi connectivity index (χ1) is 6.34. The fourth-order valence-corrected chi connectivity index (χ4v) is 2.19. The second-order valence-corrected chi connectivity index (χ2v) is 3.76. The number of aryl methyl sites for hydroxylation is 1. The molecular weight excluding hydrogens is 160 g/mol. The standard InChI is InChI=1S/C11H12N2/c12-10-2-1-7-5-8-3-4-13-11(8)6-9(7)10/h3-6,10,13H,1-2,12H2. The number of nitrogens with two attached hydrogens (primary N) is 1. The Bertz CT molecular complexity index is 456. The Morgan fingerprint density at radius 1 is 1.38 bits per heavy atom. The summed E-state index contributed by atoms with van der Waals surface area (Å²) in [6.07, 6.45) is 4.21. The Morgan fingerprint density at radius 2 is 2.31 bits per heavy atom. The Hall–Kier alpha value is -1.28. The van der Waals surface area contributed by atoms with E-state index < -0.39 is 0 Å². The summed E-state index contributed by atoms with van der Waals surface area (Å²) in [6, 6.07) is 6.82. The zero-order valence-corrected chi connectivity index (χ0v) is 7.38. The number of H-pyrrole nitrogens is 1. The van der Waals surface area contributed by atoms with E-state index in [2.05, 4.69) is 23.2 Å². The third-order valence-electron chi connectivity index (χ3n) is 2.94. The van der Waals surface area contributed by atoms with Gasteiger partial charge in [-0.3, -0.25) is 0 Å². The number of rotatable bonds is 0. The molecular formula is C11H12N2. The van der Waals surface area contributed by atoms with E-state index in [1.54, 1.807) is 0 Å². The van der Waals surface area contributed by atoms with E-state index in [-0.39, 0.29) is 6.04 Å². The Morgan fingerprint density at radius 3 is 3.23 bits per heavy atom. The lowest BCUT2D eigenvalue weighted by Crippen LogP contribution is -2.04. The number of benzene rings is 1. The van der Waals surface area contributed by atoms with Crippen molar-refractivity contribution >= 4 is 10.9 Å². The molecule has 1 aliphatic carbocycles. The summed E-state index contributed by atoms with van der Waals surface area (Å²) < 4.78 is 0. The molecule has 66 valence electrons. The molecule has 2 heteroatoms. The maximum absolute atomic E-state index is 5.99. The van der Waals surface area contributed by atoms with Gasteiger partial charge in [-0.2, -0.15) is 0 Å². The molecule has 0 saturated carbocycles. The third kappa shape index (κ3) is 0.923. The van der Waals surface area contributed by atoms with Crippen LogP contribution >= 0.6 is 0 Å². The predicted molar refractivity (Wildman–Crippen MR) is 53.5 cm³/mol. The molecule has 0 saturated heterocycles. The minimum atomic E-state index is 0.252. The molecule has 1 atom stereocenters. The molecule has 3 N–H and O–H groups in total. The van der Waals surface area contributed by atoms with Gasteiger partial charge < -0.3 is 10.7 Å². The van der Waals surface area contributed by atoms with Crippen LogP contribution in [-0.4, -0.2) is 4.98 Å². The smallest absolute Gasteiger partial charge is 0.0457 e. The van der Waals surface area contributed by atoms with Gasteiger partial charge in [-0.25, -0.2) is 0 Å². The highest BCUT2D eigenvalue weighted by Gasteiger charge is 2.19. The second kappa shape index (κ2) is 2.36. The monoisotopic (exact) mass is 172 g/mol. The molecule has 0 bridgehead atoms. The fourth-order valence-electron chi connectivity index (χ4n) is 2.19. The van der Waals surface area contributed by atoms with Gasteiger partial charge in [0, 0.05) is 17.8 Å². The zero-order chi connectivity index (χ0) is 8.84. The van der Waals surface area contributed by atoms with E-state index in [0.717, 1.165) is 12.8 Å². The van der Waals surface area contributed by atoms with E-state index in [9.17, 15) is 0 Å². The van der Waals surface area contributed by atoms with Gasteiger partial charge in [0.25, 0.3) is 0 Å². The van der Waals surface area contributed by atoms with Crippen LogP contribution in [0.15, 0.2) is 24.4 Å². The highest BCUT2D eigenvalue weighted by atomic mass is 14.7. The van der Waals surface area contributed by atoms with Crippen molar-refractivity contribution in [1.29, 1.82) is 0 Å². The van der Waals surface area contributed by atoms with Crippen molar-refractivity contribution in [2.75, 3.05) is 0 Å². The third-order valence-corrected chi connectivity index (χ3v) is 2.94. The Balaban J connectivity index is 2.34. The lowest BCUT2D eigenvalue weighted by molar-refractivity contribution is 0.713. The van der Waals surface area contributed by atoms with Crippen LogP contribution in [0, 0.1) is 0 Å². The van der Waals surface area contributed by atoms with Gasteiger partial charge in [-0.1, -0.05) is 0 Å². The molecule has 1 heterocycles. The van der Waals surface area contributed by atoms with Crippen LogP contribution in [0.5, 0.6) is 0 Å². The SMILES string of the molecule is NC1CCc2cc3cc[nH]c3cc21. The molecule has 13 heavy (non-hydrogen) atoms. The first-order valence-corrected chi connectivity index (χ1v) is 4.70. The quantitative estimate of drug-likeness (QED) is 0.628. The van der Waals surface area contributed by atoms with E-state index in [1.807, 2.05) is 6.20 Å². The van der Waals surface area contributed by atoms with Gasteiger partial charge in [-0.05, 0) is 47.6 Å². The number of aromatic amines is 1. The summed E-state index contributed by atoms with van der Waals surface area (Å²) in [5, 5.41) is 1.30. The van der Waals surface area contributed by atoms with Crippen molar-refractivity contribution in [3.8, 4) is 0 Å². The van der Waals surface area contributed by atoms with Gasteiger partial charge >= 0.3 is 0 Å². The molecule has 3 rings (SSSR count). The van der Waals surface area contributed by atoms with Crippen LogP contribution in [0.2, 0.25) is 0 Å². The molecule has 2 nitrogen and oxygen atoms in total. The summed E-state index contributed by atoms with van der Waals surface area (Å²) >= 11 is 0. The maximum atomic E-state index is 5.99. The molecule has 1 aromatic carbocycles. The lowest BCUT2D eigenvalue weighted by Gasteiger charge is -2.04. The molecule has 0 aliphatic heterocycles. The van der Waals surface area contributed by atoms with E-state index >= 15 is 0 Å². The van der Waals surface area contributed by atoms with Gasteiger partial charge in [0.05, 0.1) is 0 Å². The second-order valence-electron chi connectivity index (χ2n) is 3.76. The molecule has 0 radical (unpaired) electrons. The first-order valence-electron chi connectivity index (χ1n) is 4.70. The van der Waals surface area contributed by atoms with Crippen LogP contribution < -0.4 is 5.73 Å². The number of hydrogen-bond acceptors (Lipinski definition) is 1. The van der Waals surface area contributed by atoms with Crippen molar-refractivity contribution in [3.63, 3.8) is 0 Å². The Kier molecular flexibility index (Phi) is 1.30. The molecule has 0 amide bonds. The number of hydrogen-bond donors (Lipinski definition) is 2. The zero-order valence-electron chi connectivity index (χ0n) is 7.38. The number of aromatic nitrogens is 1. The largest absolute Gasteiger partial charge is 0.361 e. The van der Waals surface area contributed by atoms with Crippen LogP contribution in [0.25, 0.3) is 10.9 Å². The predicted octanol–water partition coefficient (Wildman–Crippen LogP) is 2.11. The minimum Gasteiger partial charge on any atom is -0.361 e. The van der Waals surface area contributed by atoms with E-state index in [1.165, 1.54) is 22.0 Å². The minimum absolute atomic E-state index is 0.252. The Labute approximate surface area is 76.8 Å². The van der Waals surface area contributed by atoms with Gasteiger partial charge in [0.1, 0.15) is 0 Å². The summed E-state index contributed by atoms with van der Waals surface area (Å²) in [7, 11) is 0. The summed E-state index contributed by atoms with van der Waals surface area (Å²) in [5.74, 6) is 0. The lowest BCUT2D eigenvalue weighted by atomic mass is 10.1. The van der Waals surface area contributed by atoms with Gasteiger partial charge in [-0.15, -0.1) is 0 Å². The van der Waals surface area contributed by atoms with Crippen LogP contribution in [0.1, 0.15) is 23.6 Å². The molecule has 1 aliphatic rings. The van der Waals surface area contributed by atoms with Crippen molar-refractivity contribution in [2.45, 2.75) is 18.9 Å². The fraction of sp³-hybridized carbons (Fsp3) is 0.273. The van der Waals surface area contributed by atoms with Gasteiger partial charge in [0.2, 0.25) is 0 Å². The maximum Gasteiger partial charge on any atom is 0.0457 e. The van der Waals surface area contributed by atoms with Crippen molar-refractivity contribution in [1.82, 2.24) is 4.98 Å². The average Bonchev–Trinajstić information content (AvgIpc) is 2.70. The normalized spacial score (nSPS) is 20.8. The van der Waals surface area contributed by atoms with Crippen molar-refractivity contribution in [2.24, 2.45) is 5.73 Å². The first kappa shape index (κ1) is 7.15. The average molecular weight is 172 g/mol.